The molecule has 0 atom stereocenters. The number of nitrogens with two attached hydrogens (primary N) is 2. The van der Waals surface area contributed by atoms with Gasteiger partial charge in [-0.15, -0.1) is 0 Å². The Morgan fingerprint density at radius 3 is 1.96 bits per heavy atom. The molecule has 0 aliphatic rings. The van der Waals surface area contributed by atoms with Crippen molar-refractivity contribution in [1.82, 2.24) is 0 Å². The minimum atomic E-state index is 0.679. The Morgan fingerprint density at radius 2 is 1.29 bits per heavy atom. The molecule has 2 nitrogen and oxygen atoms in total. The van der Waals surface area contributed by atoms with Crippen molar-refractivity contribution in [3.63, 3.8) is 0 Å². The van der Waals surface area contributed by atoms with E-state index in [0.29, 0.717) is 5.69 Å². The maximum Gasteiger partial charge on any atom is 0.0627 e. The van der Waals surface area contributed by atoms with E-state index >= 15 is 0 Å². The highest BCUT2D eigenvalue weighted by Crippen LogP contribution is 2.28. The standard InChI is InChI=1S/C22H34N2/c1-2-3-4-5-6-7-8-9-10-11-12-18-13-14-19-15-16-21(23)22(24)20(19)17-18/h13-17H,2-12,23-24H2,1H3. The molecule has 0 aliphatic heterocycles. The van der Waals surface area contributed by atoms with E-state index in [1.54, 1.807) is 0 Å². The van der Waals surface area contributed by atoms with Crippen LogP contribution in [0.5, 0.6) is 0 Å². The first-order valence-corrected chi connectivity index (χ1v) is 9.79. The van der Waals surface area contributed by atoms with Gasteiger partial charge in [-0.05, 0) is 35.9 Å². The van der Waals surface area contributed by atoms with Crippen LogP contribution in [0.1, 0.15) is 76.7 Å². The summed E-state index contributed by atoms with van der Waals surface area (Å²) in [6, 6.07) is 10.5. The maximum atomic E-state index is 6.12. The zero-order chi connectivity index (χ0) is 17.2. The molecule has 0 bridgehead atoms. The first-order valence-electron chi connectivity index (χ1n) is 9.79. The molecule has 0 aliphatic carbocycles. The third-order valence-electron chi connectivity index (χ3n) is 4.98. The summed E-state index contributed by atoms with van der Waals surface area (Å²) in [6.45, 7) is 2.28. The highest BCUT2D eigenvalue weighted by atomic mass is 14.7. The van der Waals surface area contributed by atoms with Gasteiger partial charge in [-0.2, -0.15) is 0 Å². The first-order chi connectivity index (χ1) is 11.7. The zero-order valence-corrected chi connectivity index (χ0v) is 15.3. The highest BCUT2D eigenvalue weighted by Gasteiger charge is 2.03. The van der Waals surface area contributed by atoms with Gasteiger partial charge in [0.2, 0.25) is 0 Å². The number of hydrogen-bond acceptors (Lipinski definition) is 2. The normalized spacial score (nSPS) is 11.2. The van der Waals surface area contributed by atoms with Crippen molar-refractivity contribution < 1.29 is 0 Å². The number of anilines is 2. The molecular weight excluding hydrogens is 292 g/mol. The van der Waals surface area contributed by atoms with E-state index in [2.05, 4.69) is 25.1 Å². The molecule has 2 aromatic carbocycles. The van der Waals surface area contributed by atoms with Crippen molar-refractivity contribution in [2.24, 2.45) is 0 Å². The number of nitrogen functional groups attached to an aromatic ring is 2. The van der Waals surface area contributed by atoms with Gasteiger partial charge >= 0.3 is 0 Å². The van der Waals surface area contributed by atoms with Gasteiger partial charge in [0.25, 0.3) is 0 Å². The van der Waals surface area contributed by atoms with Crippen LogP contribution >= 0.6 is 0 Å². The Labute approximate surface area is 147 Å². The van der Waals surface area contributed by atoms with E-state index in [1.165, 1.54) is 75.2 Å². The number of aryl methyl sites for hydroxylation is 1. The molecule has 132 valence electrons. The average Bonchev–Trinajstić information content (AvgIpc) is 2.60. The second-order valence-electron chi connectivity index (χ2n) is 7.06. The van der Waals surface area contributed by atoms with Crippen LogP contribution in [0.3, 0.4) is 0 Å². The van der Waals surface area contributed by atoms with Crippen LogP contribution in [0, 0.1) is 0 Å². The number of rotatable bonds is 11. The number of fused-ring (bicyclic) bond motifs is 1. The molecule has 2 aromatic rings. The molecule has 0 spiro atoms. The van der Waals surface area contributed by atoms with Crippen LogP contribution in [-0.4, -0.2) is 0 Å². The van der Waals surface area contributed by atoms with Crippen molar-refractivity contribution in [3.05, 3.63) is 35.9 Å². The summed E-state index contributed by atoms with van der Waals surface area (Å²) in [4.78, 5) is 0. The molecule has 24 heavy (non-hydrogen) atoms. The van der Waals surface area contributed by atoms with Crippen LogP contribution in [0.4, 0.5) is 11.4 Å². The minimum absolute atomic E-state index is 0.679. The van der Waals surface area contributed by atoms with E-state index in [9.17, 15) is 0 Å². The van der Waals surface area contributed by atoms with Gasteiger partial charge in [0.15, 0.2) is 0 Å². The molecule has 0 unspecified atom stereocenters. The number of benzene rings is 2. The molecule has 0 heterocycles. The Morgan fingerprint density at radius 1 is 0.708 bits per heavy atom. The molecule has 0 aromatic heterocycles. The highest BCUT2D eigenvalue weighted by molar-refractivity contribution is 5.98. The Balaban J connectivity index is 1.66. The largest absolute Gasteiger partial charge is 0.397 e. The van der Waals surface area contributed by atoms with E-state index < -0.39 is 0 Å². The monoisotopic (exact) mass is 326 g/mol. The Kier molecular flexibility index (Phi) is 7.94. The molecule has 0 saturated heterocycles. The molecule has 2 rings (SSSR count). The number of unbranched alkanes of at least 4 members (excludes halogenated alkanes) is 9. The van der Waals surface area contributed by atoms with Gasteiger partial charge in [-0.25, -0.2) is 0 Å². The summed E-state index contributed by atoms with van der Waals surface area (Å²) in [7, 11) is 0. The van der Waals surface area contributed by atoms with Gasteiger partial charge in [-0.1, -0.05) is 82.9 Å². The van der Waals surface area contributed by atoms with Crippen molar-refractivity contribution in [3.8, 4) is 0 Å². The lowest BCUT2D eigenvalue weighted by Crippen LogP contribution is -1.96. The fraction of sp³-hybridized carbons (Fsp3) is 0.545. The predicted octanol–water partition coefficient (Wildman–Crippen LogP) is 6.47. The molecule has 0 fully saturated rings. The van der Waals surface area contributed by atoms with Gasteiger partial charge < -0.3 is 11.5 Å². The molecule has 2 heteroatoms. The van der Waals surface area contributed by atoms with Crippen LogP contribution in [0.15, 0.2) is 30.3 Å². The minimum Gasteiger partial charge on any atom is -0.397 e. The lowest BCUT2D eigenvalue weighted by atomic mass is 10.00. The summed E-state index contributed by atoms with van der Waals surface area (Å²) in [5.41, 5.74) is 14.8. The summed E-state index contributed by atoms with van der Waals surface area (Å²) in [5, 5.41) is 2.27. The first kappa shape index (κ1) is 18.6. The lowest BCUT2D eigenvalue weighted by Gasteiger charge is -2.08. The second-order valence-corrected chi connectivity index (χ2v) is 7.06. The van der Waals surface area contributed by atoms with Crippen molar-refractivity contribution in [1.29, 1.82) is 0 Å². The molecule has 4 N–H and O–H groups in total. The average molecular weight is 327 g/mol. The SMILES string of the molecule is CCCCCCCCCCCCc1ccc2ccc(N)c(N)c2c1. The van der Waals surface area contributed by atoms with E-state index in [0.717, 1.165) is 17.5 Å². The Hall–Kier alpha value is -1.70. The smallest absolute Gasteiger partial charge is 0.0627 e. The molecule has 0 radical (unpaired) electrons. The van der Waals surface area contributed by atoms with Crippen molar-refractivity contribution in [2.45, 2.75) is 77.6 Å². The Bertz CT molecular complexity index is 619. The van der Waals surface area contributed by atoms with Gasteiger partial charge in [0.05, 0.1) is 11.4 Å². The van der Waals surface area contributed by atoms with E-state index in [1.807, 2.05) is 12.1 Å². The summed E-state index contributed by atoms with van der Waals surface area (Å²) >= 11 is 0. The third kappa shape index (κ3) is 5.74. The summed E-state index contributed by atoms with van der Waals surface area (Å²) in [6.07, 6.45) is 14.9. The topological polar surface area (TPSA) is 52.0 Å². The van der Waals surface area contributed by atoms with Crippen molar-refractivity contribution >= 4 is 22.1 Å². The molecule has 0 amide bonds. The third-order valence-corrected chi connectivity index (χ3v) is 4.98. The van der Waals surface area contributed by atoms with Crippen molar-refractivity contribution in [2.75, 3.05) is 11.5 Å². The van der Waals surface area contributed by atoms with E-state index in [-0.39, 0.29) is 0 Å². The lowest BCUT2D eigenvalue weighted by molar-refractivity contribution is 0.556. The van der Waals surface area contributed by atoms with Gasteiger partial charge in [-0.3, -0.25) is 0 Å². The summed E-state index contributed by atoms with van der Waals surface area (Å²) in [5.74, 6) is 0. The number of hydrogen-bond donors (Lipinski definition) is 2. The zero-order valence-electron chi connectivity index (χ0n) is 15.3. The quantitative estimate of drug-likeness (QED) is 0.367. The maximum absolute atomic E-state index is 6.12. The van der Waals surface area contributed by atoms with Crippen LogP contribution in [0.25, 0.3) is 10.8 Å². The predicted molar refractivity (Wildman–Crippen MR) is 108 cm³/mol. The van der Waals surface area contributed by atoms with E-state index in [4.69, 9.17) is 11.5 Å². The molecular formula is C22H34N2. The molecule has 0 saturated carbocycles. The second kappa shape index (κ2) is 10.2. The van der Waals surface area contributed by atoms with Gasteiger partial charge in [0.1, 0.15) is 0 Å². The van der Waals surface area contributed by atoms with Gasteiger partial charge in [0, 0.05) is 5.39 Å². The fourth-order valence-electron chi connectivity index (χ4n) is 3.38. The fourth-order valence-corrected chi connectivity index (χ4v) is 3.38. The summed E-state index contributed by atoms with van der Waals surface area (Å²) < 4.78 is 0. The van der Waals surface area contributed by atoms with Crippen LogP contribution in [-0.2, 0) is 6.42 Å². The van der Waals surface area contributed by atoms with Crippen LogP contribution < -0.4 is 11.5 Å². The van der Waals surface area contributed by atoms with Crippen LogP contribution in [0.2, 0.25) is 0 Å².